The Hall–Kier alpha value is -1.52. The molecule has 94 valence electrons. The SMILES string of the molecule is CC(Nc1ccn(C)n1)C(=O)N1CCCCC1. The molecule has 0 aliphatic carbocycles. The lowest BCUT2D eigenvalue weighted by Crippen LogP contribution is -2.43. The van der Waals surface area contributed by atoms with Crippen molar-refractivity contribution >= 4 is 11.7 Å². The van der Waals surface area contributed by atoms with Gasteiger partial charge in [0.05, 0.1) is 0 Å². The van der Waals surface area contributed by atoms with Crippen molar-refractivity contribution in [1.29, 1.82) is 0 Å². The molecule has 1 unspecified atom stereocenters. The fraction of sp³-hybridized carbons (Fsp3) is 0.667. The van der Waals surface area contributed by atoms with Crippen molar-refractivity contribution in [3.63, 3.8) is 0 Å². The fourth-order valence-electron chi connectivity index (χ4n) is 2.16. The van der Waals surface area contributed by atoms with Crippen LogP contribution >= 0.6 is 0 Å². The topological polar surface area (TPSA) is 50.2 Å². The number of rotatable bonds is 3. The normalized spacial score (nSPS) is 17.9. The molecule has 5 heteroatoms. The second kappa shape index (κ2) is 5.21. The highest BCUT2D eigenvalue weighted by Crippen LogP contribution is 2.12. The zero-order valence-corrected chi connectivity index (χ0v) is 10.5. The molecule has 2 heterocycles. The van der Waals surface area contributed by atoms with E-state index in [0.29, 0.717) is 0 Å². The highest BCUT2D eigenvalue weighted by Gasteiger charge is 2.22. The number of likely N-dealkylation sites (tertiary alicyclic amines) is 1. The minimum Gasteiger partial charge on any atom is -0.357 e. The van der Waals surface area contributed by atoms with Crippen molar-refractivity contribution in [2.75, 3.05) is 18.4 Å². The maximum atomic E-state index is 12.1. The van der Waals surface area contributed by atoms with Crippen LogP contribution in [0.2, 0.25) is 0 Å². The summed E-state index contributed by atoms with van der Waals surface area (Å²) >= 11 is 0. The first-order chi connectivity index (χ1) is 8.16. The van der Waals surface area contributed by atoms with Crippen molar-refractivity contribution in [1.82, 2.24) is 14.7 Å². The molecule has 0 saturated carbocycles. The third-order valence-corrected chi connectivity index (χ3v) is 3.12. The fourth-order valence-corrected chi connectivity index (χ4v) is 2.16. The van der Waals surface area contributed by atoms with Crippen LogP contribution in [-0.4, -0.2) is 39.7 Å². The summed E-state index contributed by atoms with van der Waals surface area (Å²) in [7, 11) is 1.86. The van der Waals surface area contributed by atoms with E-state index < -0.39 is 0 Å². The molecule has 1 atom stereocenters. The van der Waals surface area contributed by atoms with Gasteiger partial charge in [0.1, 0.15) is 11.9 Å². The number of amides is 1. The molecule has 2 rings (SSSR count). The molecule has 1 N–H and O–H groups in total. The lowest BCUT2D eigenvalue weighted by Gasteiger charge is -2.29. The van der Waals surface area contributed by atoms with E-state index in [0.717, 1.165) is 31.7 Å². The maximum Gasteiger partial charge on any atom is 0.244 e. The van der Waals surface area contributed by atoms with Crippen LogP contribution in [0.25, 0.3) is 0 Å². The number of carbonyl (C=O) groups excluding carboxylic acids is 1. The quantitative estimate of drug-likeness (QED) is 0.859. The van der Waals surface area contributed by atoms with Crippen LogP contribution in [0.4, 0.5) is 5.82 Å². The average Bonchev–Trinajstić information content (AvgIpc) is 2.75. The van der Waals surface area contributed by atoms with Crippen LogP contribution in [0.5, 0.6) is 0 Å². The zero-order valence-electron chi connectivity index (χ0n) is 10.5. The van der Waals surface area contributed by atoms with E-state index in [1.165, 1.54) is 6.42 Å². The number of aryl methyl sites for hydroxylation is 1. The summed E-state index contributed by atoms with van der Waals surface area (Å²) in [5.74, 6) is 0.931. The number of piperidine rings is 1. The molecule has 1 saturated heterocycles. The van der Waals surface area contributed by atoms with Gasteiger partial charge in [-0.05, 0) is 26.2 Å². The molecule has 1 amide bonds. The number of aromatic nitrogens is 2. The largest absolute Gasteiger partial charge is 0.357 e. The Morgan fingerprint density at radius 3 is 2.71 bits per heavy atom. The van der Waals surface area contributed by atoms with Gasteiger partial charge in [0, 0.05) is 32.4 Å². The molecule has 5 nitrogen and oxygen atoms in total. The molecule has 0 bridgehead atoms. The van der Waals surface area contributed by atoms with Gasteiger partial charge in [0.2, 0.25) is 5.91 Å². The average molecular weight is 236 g/mol. The molecule has 1 aromatic heterocycles. The van der Waals surface area contributed by atoms with E-state index in [2.05, 4.69) is 10.4 Å². The number of anilines is 1. The predicted molar refractivity (Wildman–Crippen MR) is 66.7 cm³/mol. The zero-order chi connectivity index (χ0) is 12.3. The second-order valence-corrected chi connectivity index (χ2v) is 4.63. The Kier molecular flexibility index (Phi) is 3.66. The highest BCUT2D eigenvalue weighted by atomic mass is 16.2. The first kappa shape index (κ1) is 12.0. The van der Waals surface area contributed by atoms with Gasteiger partial charge in [0.15, 0.2) is 0 Å². The van der Waals surface area contributed by atoms with E-state index in [1.54, 1.807) is 4.68 Å². The molecular weight excluding hydrogens is 216 g/mol. The smallest absolute Gasteiger partial charge is 0.244 e. The van der Waals surface area contributed by atoms with Crippen molar-refractivity contribution in [3.8, 4) is 0 Å². The van der Waals surface area contributed by atoms with Crippen LogP contribution < -0.4 is 5.32 Å². The van der Waals surface area contributed by atoms with Crippen molar-refractivity contribution in [2.24, 2.45) is 7.05 Å². The molecule has 0 aromatic carbocycles. The van der Waals surface area contributed by atoms with E-state index in [9.17, 15) is 4.79 Å². The summed E-state index contributed by atoms with van der Waals surface area (Å²) < 4.78 is 1.72. The predicted octanol–water partition coefficient (Wildman–Crippen LogP) is 1.23. The van der Waals surface area contributed by atoms with Gasteiger partial charge < -0.3 is 10.2 Å². The van der Waals surface area contributed by atoms with Crippen LogP contribution in [-0.2, 0) is 11.8 Å². The minimum atomic E-state index is -0.206. The Bertz CT molecular complexity index is 382. The summed E-state index contributed by atoms with van der Waals surface area (Å²) in [4.78, 5) is 14.1. The van der Waals surface area contributed by atoms with Crippen LogP contribution in [0.1, 0.15) is 26.2 Å². The van der Waals surface area contributed by atoms with Gasteiger partial charge in [-0.25, -0.2) is 0 Å². The number of hydrogen-bond donors (Lipinski definition) is 1. The van der Waals surface area contributed by atoms with Gasteiger partial charge >= 0.3 is 0 Å². The summed E-state index contributed by atoms with van der Waals surface area (Å²) in [5.41, 5.74) is 0. The van der Waals surface area contributed by atoms with Crippen molar-refractivity contribution in [2.45, 2.75) is 32.2 Å². The molecule has 0 spiro atoms. The number of nitrogens with one attached hydrogen (secondary N) is 1. The lowest BCUT2D eigenvalue weighted by molar-refractivity contribution is -0.132. The Morgan fingerprint density at radius 1 is 1.41 bits per heavy atom. The summed E-state index contributed by atoms with van der Waals surface area (Å²) in [6.07, 6.45) is 5.36. The molecule has 17 heavy (non-hydrogen) atoms. The molecular formula is C12H20N4O. The molecule has 1 aliphatic heterocycles. The summed E-state index contributed by atoms with van der Waals surface area (Å²) in [6.45, 7) is 3.69. The number of hydrogen-bond acceptors (Lipinski definition) is 3. The van der Waals surface area contributed by atoms with Gasteiger partial charge in [-0.2, -0.15) is 5.10 Å². The number of carbonyl (C=O) groups is 1. The van der Waals surface area contributed by atoms with Gasteiger partial charge in [-0.1, -0.05) is 0 Å². The summed E-state index contributed by atoms with van der Waals surface area (Å²) in [5, 5.41) is 7.35. The third kappa shape index (κ3) is 2.99. The van der Waals surface area contributed by atoms with Gasteiger partial charge in [-0.15, -0.1) is 0 Å². The Morgan fingerprint density at radius 2 is 2.12 bits per heavy atom. The Labute approximate surface area is 102 Å². The molecule has 1 fully saturated rings. The standard InChI is InChI=1S/C12H20N4O/c1-10(13-11-6-9-15(2)14-11)12(17)16-7-4-3-5-8-16/h6,9-10H,3-5,7-8H2,1-2H3,(H,13,14). The van der Waals surface area contributed by atoms with Crippen molar-refractivity contribution in [3.05, 3.63) is 12.3 Å². The van der Waals surface area contributed by atoms with Crippen molar-refractivity contribution < 1.29 is 4.79 Å². The van der Waals surface area contributed by atoms with Gasteiger partial charge in [0.25, 0.3) is 0 Å². The third-order valence-electron chi connectivity index (χ3n) is 3.12. The minimum absolute atomic E-state index is 0.176. The Balaban J connectivity index is 1.90. The molecule has 0 radical (unpaired) electrons. The molecule has 1 aliphatic rings. The highest BCUT2D eigenvalue weighted by molar-refractivity contribution is 5.84. The van der Waals surface area contributed by atoms with E-state index in [4.69, 9.17) is 0 Å². The lowest BCUT2D eigenvalue weighted by atomic mass is 10.1. The van der Waals surface area contributed by atoms with E-state index in [-0.39, 0.29) is 11.9 Å². The van der Waals surface area contributed by atoms with E-state index in [1.807, 2.05) is 31.1 Å². The van der Waals surface area contributed by atoms with Crippen LogP contribution in [0.15, 0.2) is 12.3 Å². The van der Waals surface area contributed by atoms with Crippen LogP contribution in [0.3, 0.4) is 0 Å². The van der Waals surface area contributed by atoms with Crippen LogP contribution in [0, 0.1) is 0 Å². The van der Waals surface area contributed by atoms with Gasteiger partial charge in [-0.3, -0.25) is 9.48 Å². The first-order valence-electron chi connectivity index (χ1n) is 6.22. The number of nitrogens with zero attached hydrogens (tertiary/aromatic N) is 3. The second-order valence-electron chi connectivity index (χ2n) is 4.63. The summed E-state index contributed by atoms with van der Waals surface area (Å²) in [6, 6.07) is 1.67. The molecule has 1 aromatic rings. The monoisotopic (exact) mass is 236 g/mol. The van der Waals surface area contributed by atoms with E-state index >= 15 is 0 Å². The maximum absolute atomic E-state index is 12.1. The first-order valence-corrected chi connectivity index (χ1v) is 6.22.